The van der Waals surface area contributed by atoms with Crippen molar-refractivity contribution < 1.29 is 9.63 Å². The Labute approximate surface area is 83.5 Å². The zero-order valence-electron chi connectivity index (χ0n) is 8.24. The van der Waals surface area contributed by atoms with Gasteiger partial charge in [-0.2, -0.15) is 5.48 Å². The molecular formula is C10H16N2O2. The second kappa shape index (κ2) is 3.02. The fourth-order valence-electron chi connectivity index (χ4n) is 3.20. The van der Waals surface area contributed by atoms with Crippen molar-refractivity contribution in [3.63, 3.8) is 0 Å². The van der Waals surface area contributed by atoms with Crippen LogP contribution in [0.4, 0.5) is 0 Å². The Hall–Kier alpha value is -0.450. The number of fused-ring (bicyclic) bond motifs is 2. The number of nitrogens with one attached hydrogen (secondary N) is 1. The number of nitrogens with zero attached hydrogens (tertiary/aromatic N) is 1. The normalized spacial score (nSPS) is 51.3. The van der Waals surface area contributed by atoms with Gasteiger partial charge in [-0.25, -0.2) is 0 Å². The molecule has 0 aliphatic carbocycles. The van der Waals surface area contributed by atoms with Crippen LogP contribution in [0.3, 0.4) is 0 Å². The molecule has 2 atom stereocenters. The highest BCUT2D eigenvalue weighted by Crippen LogP contribution is 2.42. The molecule has 1 spiro atoms. The summed E-state index contributed by atoms with van der Waals surface area (Å²) in [6, 6.07) is -0.0875. The van der Waals surface area contributed by atoms with E-state index >= 15 is 0 Å². The van der Waals surface area contributed by atoms with Crippen molar-refractivity contribution >= 4 is 6.29 Å². The first-order chi connectivity index (χ1) is 6.82. The molecule has 0 aromatic rings. The quantitative estimate of drug-likeness (QED) is 0.597. The van der Waals surface area contributed by atoms with Gasteiger partial charge in [-0.05, 0) is 31.8 Å². The smallest absolute Gasteiger partial charge is 0.139 e. The van der Waals surface area contributed by atoms with Gasteiger partial charge in [0.25, 0.3) is 0 Å². The summed E-state index contributed by atoms with van der Waals surface area (Å²) in [7, 11) is 0. The maximum atomic E-state index is 10.7. The van der Waals surface area contributed by atoms with E-state index in [0.29, 0.717) is 5.92 Å². The van der Waals surface area contributed by atoms with Gasteiger partial charge in [-0.1, -0.05) is 0 Å². The highest BCUT2D eigenvalue weighted by atomic mass is 16.7. The van der Waals surface area contributed by atoms with Gasteiger partial charge < -0.3 is 9.69 Å². The molecule has 0 radical (unpaired) electrons. The molecule has 4 aliphatic heterocycles. The minimum atomic E-state index is -0.0875. The minimum Gasteiger partial charge on any atom is -0.302 e. The van der Waals surface area contributed by atoms with Crippen LogP contribution < -0.4 is 5.48 Å². The molecule has 0 saturated carbocycles. The van der Waals surface area contributed by atoms with Crippen LogP contribution in [0.5, 0.6) is 0 Å². The summed E-state index contributed by atoms with van der Waals surface area (Å²) in [5.74, 6) is 0.657. The number of carbonyl (C=O) groups is 1. The molecule has 4 rings (SSSR count). The van der Waals surface area contributed by atoms with Crippen molar-refractivity contribution in [2.45, 2.75) is 30.9 Å². The van der Waals surface area contributed by atoms with E-state index in [2.05, 4.69) is 10.4 Å². The zero-order valence-corrected chi connectivity index (χ0v) is 8.24. The Balaban J connectivity index is 1.81. The number of carbonyl (C=O) groups excluding carboxylic acids is 1. The molecule has 4 saturated heterocycles. The largest absolute Gasteiger partial charge is 0.302 e. The maximum Gasteiger partial charge on any atom is 0.139 e. The molecule has 2 bridgehead atoms. The van der Waals surface area contributed by atoms with Crippen LogP contribution in [0.15, 0.2) is 0 Å². The molecule has 4 nitrogen and oxygen atoms in total. The molecule has 4 aliphatic rings. The van der Waals surface area contributed by atoms with Crippen molar-refractivity contribution in [2.24, 2.45) is 5.92 Å². The Bertz CT molecular complexity index is 251. The minimum absolute atomic E-state index is 0.0535. The topological polar surface area (TPSA) is 41.6 Å². The summed E-state index contributed by atoms with van der Waals surface area (Å²) in [4.78, 5) is 18.8. The van der Waals surface area contributed by atoms with E-state index in [0.717, 1.165) is 19.3 Å². The summed E-state index contributed by atoms with van der Waals surface area (Å²) >= 11 is 0. The summed E-state index contributed by atoms with van der Waals surface area (Å²) < 4.78 is 0. The van der Waals surface area contributed by atoms with Crippen LogP contribution in [0, 0.1) is 5.92 Å². The van der Waals surface area contributed by atoms with Crippen molar-refractivity contribution in [1.82, 2.24) is 10.4 Å². The van der Waals surface area contributed by atoms with Gasteiger partial charge in [-0.15, -0.1) is 0 Å². The van der Waals surface area contributed by atoms with Gasteiger partial charge in [0, 0.05) is 13.0 Å². The standard InChI is InChI=1S/C10H16N2O2/c13-6-9-5-10(14-11-9)7-12-3-1-8(10)2-4-12/h6,8-9,11H,1-5,7H2. The second-order valence-electron chi connectivity index (χ2n) is 4.78. The average Bonchev–Trinajstić information content (AvgIpc) is 2.63. The van der Waals surface area contributed by atoms with Crippen LogP contribution in [0.1, 0.15) is 19.3 Å². The average molecular weight is 196 g/mol. The van der Waals surface area contributed by atoms with Crippen LogP contribution in [-0.4, -0.2) is 42.5 Å². The molecule has 0 aromatic heterocycles. The molecule has 0 amide bonds. The molecule has 14 heavy (non-hydrogen) atoms. The van der Waals surface area contributed by atoms with Gasteiger partial charge in [0.1, 0.15) is 11.9 Å². The first kappa shape index (κ1) is 8.83. The van der Waals surface area contributed by atoms with Crippen molar-refractivity contribution in [3.05, 3.63) is 0 Å². The van der Waals surface area contributed by atoms with E-state index in [-0.39, 0.29) is 11.6 Å². The predicted octanol–water partition coefficient (Wildman–Crippen LogP) is -0.0568. The third-order valence-electron chi connectivity index (χ3n) is 3.97. The van der Waals surface area contributed by atoms with Gasteiger partial charge in [-0.3, -0.25) is 4.84 Å². The lowest BCUT2D eigenvalue weighted by Gasteiger charge is -2.50. The first-order valence-electron chi connectivity index (χ1n) is 5.44. The number of piperidine rings is 3. The van der Waals surface area contributed by atoms with E-state index in [1.54, 1.807) is 0 Å². The third kappa shape index (κ3) is 1.14. The predicted molar refractivity (Wildman–Crippen MR) is 50.6 cm³/mol. The summed E-state index contributed by atoms with van der Waals surface area (Å²) in [6.07, 6.45) is 4.28. The molecule has 4 heterocycles. The highest BCUT2D eigenvalue weighted by molar-refractivity contribution is 5.58. The van der Waals surface area contributed by atoms with Gasteiger partial charge in [0.2, 0.25) is 0 Å². The molecule has 1 N–H and O–H groups in total. The van der Waals surface area contributed by atoms with Gasteiger partial charge in [0.05, 0.1) is 6.04 Å². The maximum absolute atomic E-state index is 10.7. The summed E-state index contributed by atoms with van der Waals surface area (Å²) in [6.45, 7) is 3.43. The fourth-order valence-corrected chi connectivity index (χ4v) is 3.20. The van der Waals surface area contributed by atoms with E-state index in [1.165, 1.54) is 25.9 Å². The van der Waals surface area contributed by atoms with Crippen LogP contribution in [0.25, 0.3) is 0 Å². The molecule has 0 aromatic carbocycles. The lowest BCUT2D eigenvalue weighted by molar-refractivity contribution is -0.153. The second-order valence-corrected chi connectivity index (χ2v) is 4.78. The van der Waals surface area contributed by atoms with Crippen LogP contribution in [0.2, 0.25) is 0 Å². The molecule has 4 heteroatoms. The zero-order chi connectivity index (χ0) is 9.60. The van der Waals surface area contributed by atoms with E-state index in [4.69, 9.17) is 4.84 Å². The first-order valence-corrected chi connectivity index (χ1v) is 5.44. The summed E-state index contributed by atoms with van der Waals surface area (Å²) in [5.41, 5.74) is 2.80. The molecule has 78 valence electrons. The third-order valence-corrected chi connectivity index (χ3v) is 3.97. The number of rotatable bonds is 1. The lowest BCUT2D eigenvalue weighted by atomic mass is 9.73. The Kier molecular flexibility index (Phi) is 1.90. The van der Waals surface area contributed by atoms with Crippen LogP contribution in [-0.2, 0) is 9.63 Å². The SMILES string of the molecule is O=CC1CC2(CN3CCC2CC3)ON1. The van der Waals surface area contributed by atoms with Crippen molar-refractivity contribution in [1.29, 1.82) is 0 Å². The van der Waals surface area contributed by atoms with E-state index < -0.39 is 0 Å². The fraction of sp³-hybridized carbons (Fsp3) is 0.900. The number of hydrogen-bond acceptors (Lipinski definition) is 4. The summed E-state index contributed by atoms with van der Waals surface area (Å²) in [5, 5.41) is 0. The number of hydrogen-bond donors (Lipinski definition) is 1. The highest BCUT2D eigenvalue weighted by Gasteiger charge is 2.52. The Morgan fingerprint density at radius 2 is 2.21 bits per heavy atom. The van der Waals surface area contributed by atoms with Crippen molar-refractivity contribution in [3.8, 4) is 0 Å². The van der Waals surface area contributed by atoms with Gasteiger partial charge >= 0.3 is 0 Å². The monoisotopic (exact) mass is 196 g/mol. The number of hydroxylamine groups is 1. The molecular weight excluding hydrogens is 180 g/mol. The lowest BCUT2D eigenvalue weighted by Crippen LogP contribution is -2.59. The Morgan fingerprint density at radius 1 is 1.43 bits per heavy atom. The van der Waals surface area contributed by atoms with E-state index in [1.807, 2.05) is 0 Å². The number of aldehydes is 1. The van der Waals surface area contributed by atoms with Crippen molar-refractivity contribution in [2.75, 3.05) is 19.6 Å². The molecule has 4 fully saturated rings. The Morgan fingerprint density at radius 3 is 2.71 bits per heavy atom. The molecule has 2 unspecified atom stereocenters. The van der Waals surface area contributed by atoms with Gasteiger partial charge in [0.15, 0.2) is 0 Å². The van der Waals surface area contributed by atoms with E-state index in [9.17, 15) is 4.79 Å². The van der Waals surface area contributed by atoms with Crippen LogP contribution >= 0.6 is 0 Å².